The Labute approximate surface area is 136 Å². The molecular formula is C20H21NO2. The highest BCUT2D eigenvalue weighted by Gasteiger charge is 2.41. The van der Waals surface area contributed by atoms with Gasteiger partial charge >= 0.3 is 0 Å². The number of carbonyl (C=O) groups excluding carboxylic acids is 2. The van der Waals surface area contributed by atoms with Crippen LogP contribution >= 0.6 is 0 Å². The third-order valence-electron chi connectivity index (χ3n) is 4.48. The van der Waals surface area contributed by atoms with Crippen molar-refractivity contribution < 1.29 is 9.59 Å². The van der Waals surface area contributed by atoms with Crippen molar-refractivity contribution in [2.75, 3.05) is 0 Å². The second-order valence-corrected chi connectivity index (χ2v) is 6.57. The lowest BCUT2D eigenvalue weighted by Crippen LogP contribution is -2.37. The molecule has 0 saturated heterocycles. The molecule has 3 nitrogen and oxygen atoms in total. The zero-order chi connectivity index (χ0) is 16.7. The molecule has 2 aromatic rings. The van der Waals surface area contributed by atoms with Crippen molar-refractivity contribution in [1.82, 2.24) is 4.90 Å². The van der Waals surface area contributed by atoms with Gasteiger partial charge in [0.25, 0.3) is 11.8 Å². The maximum Gasteiger partial charge on any atom is 0.262 e. The Kier molecular flexibility index (Phi) is 3.80. The summed E-state index contributed by atoms with van der Waals surface area (Å²) in [7, 11) is 0. The van der Waals surface area contributed by atoms with Crippen LogP contribution in [0, 0.1) is 19.8 Å². The fraction of sp³-hybridized carbons (Fsp3) is 0.300. The SMILES string of the molecule is Cc1ccc(C(C(C)C)N2C(=O)c3ccccc3C2=O)c(C)c1. The Morgan fingerprint density at radius 3 is 1.91 bits per heavy atom. The molecule has 1 atom stereocenters. The third kappa shape index (κ3) is 2.46. The number of carbonyl (C=O) groups is 2. The summed E-state index contributed by atoms with van der Waals surface area (Å²) in [6.45, 7) is 8.18. The predicted molar refractivity (Wildman–Crippen MR) is 90.4 cm³/mol. The third-order valence-corrected chi connectivity index (χ3v) is 4.48. The highest BCUT2D eigenvalue weighted by atomic mass is 16.2. The van der Waals surface area contributed by atoms with Gasteiger partial charge in [-0.2, -0.15) is 0 Å². The average molecular weight is 307 g/mol. The normalized spacial score (nSPS) is 15.3. The number of nitrogens with zero attached hydrogens (tertiary/aromatic N) is 1. The van der Waals surface area contributed by atoms with Crippen molar-refractivity contribution in [3.05, 3.63) is 70.3 Å². The van der Waals surface area contributed by atoms with Gasteiger partial charge in [-0.05, 0) is 43.0 Å². The lowest BCUT2D eigenvalue weighted by molar-refractivity contribution is 0.0538. The van der Waals surface area contributed by atoms with E-state index in [-0.39, 0.29) is 23.8 Å². The Balaban J connectivity index is 2.10. The summed E-state index contributed by atoms with van der Waals surface area (Å²) in [6, 6.07) is 13.0. The molecule has 0 aromatic heterocycles. The van der Waals surface area contributed by atoms with E-state index in [1.54, 1.807) is 24.3 Å². The molecule has 1 heterocycles. The smallest absolute Gasteiger partial charge is 0.262 e. The van der Waals surface area contributed by atoms with Crippen LogP contribution in [-0.4, -0.2) is 16.7 Å². The predicted octanol–water partition coefficient (Wildman–Crippen LogP) is 4.30. The second kappa shape index (κ2) is 5.65. The fourth-order valence-electron chi connectivity index (χ4n) is 3.41. The maximum atomic E-state index is 12.8. The molecule has 3 rings (SSSR count). The van der Waals surface area contributed by atoms with Gasteiger partial charge in [0.2, 0.25) is 0 Å². The van der Waals surface area contributed by atoms with Crippen molar-refractivity contribution in [3.8, 4) is 0 Å². The summed E-state index contributed by atoms with van der Waals surface area (Å²) in [4.78, 5) is 27.1. The highest BCUT2D eigenvalue weighted by Crippen LogP contribution is 2.37. The van der Waals surface area contributed by atoms with Gasteiger partial charge in [0, 0.05) is 0 Å². The quantitative estimate of drug-likeness (QED) is 0.793. The van der Waals surface area contributed by atoms with Gasteiger partial charge in [-0.15, -0.1) is 0 Å². The number of imide groups is 1. The molecule has 0 bridgehead atoms. The van der Waals surface area contributed by atoms with E-state index >= 15 is 0 Å². The van der Waals surface area contributed by atoms with E-state index in [9.17, 15) is 9.59 Å². The van der Waals surface area contributed by atoms with E-state index < -0.39 is 0 Å². The molecule has 118 valence electrons. The highest BCUT2D eigenvalue weighted by molar-refractivity contribution is 6.21. The molecule has 23 heavy (non-hydrogen) atoms. The van der Waals surface area contributed by atoms with Gasteiger partial charge in [-0.3, -0.25) is 14.5 Å². The van der Waals surface area contributed by atoms with Crippen LogP contribution in [0.15, 0.2) is 42.5 Å². The van der Waals surface area contributed by atoms with Gasteiger partial charge in [0.15, 0.2) is 0 Å². The van der Waals surface area contributed by atoms with Gasteiger partial charge in [-0.1, -0.05) is 49.7 Å². The molecule has 3 heteroatoms. The van der Waals surface area contributed by atoms with Crippen molar-refractivity contribution in [2.24, 2.45) is 5.92 Å². The first-order valence-electron chi connectivity index (χ1n) is 7.96. The van der Waals surface area contributed by atoms with Crippen LogP contribution < -0.4 is 0 Å². The fourth-order valence-corrected chi connectivity index (χ4v) is 3.41. The zero-order valence-electron chi connectivity index (χ0n) is 14.0. The topological polar surface area (TPSA) is 37.4 Å². The summed E-state index contributed by atoms with van der Waals surface area (Å²) < 4.78 is 0. The Morgan fingerprint density at radius 1 is 0.870 bits per heavy atom. The molecule has 0 fully saturated rings. The van der Waals surface area contributed by atoms with Crippen molar-refractivity contribution in [3.63, 3.8) is 0 Å². The van der Waals surface area contributed by atoms with Gasteiger partial charge in [-0.25, -0.2) is 0 Å². The first-order chi connectivity index (χ1) is 10.9. The number of rotatable bonds is 3. The number of hydrogen-bond acceptors (Lipinski definition) is 2. The molecule has 2 aromatic carbocycles. The maximum absolute atomic E-state index is 12.8. The molecular weight excluding hydrogens is 286 g/mol. The van der Waals surface area contributed by atoms with E-state index in [2.05, 4.69) is 6.07 Å². The largest absolute Gasteiger partial charge is 0.269 e. The molecule has 0 saturated carbocycles. The Bertz CT molecular complexity index is 757. The van der Waals surface area contributed by atoms with Gasteiger partial charge in [0.1, 0.15) is 0 Å². The summed E-state index contributed by atoms with van der Waals surface area (Å²) in [5.74, 6) is -0.243. The van der Waals surface area contributed by atoms with Crippen molar-refractivity contribution in [1.29, 1.82) is 0 Å². The minimum absolute atomic E-state index is 0.138. The number of aryl methyl sites for hydroxylation is 2. The molecule has 1 aliphatic rings. The van der Waals surface area contributed by atoms with Crippen LogP contribution in [-0.2, 0) is 0 Å². The van der Waals surface area contributed by atoms with Crippen LogP contribution in [0.4, 0.5) is 0 Å². The standard InChI is InChI=1S/C20H21NO2/c1-12(2)18(15-10-9-13(3)11-14(15)4)21-19(22)16-7-5-6-8-17(16)20(21)23/h5-12,18H,1-4H3. The van der Waals surface area contributed by atoms with E-state index in [0.29, 0.717) is 11.1 Å². The van der Waals surface area contributed by atoms with Crippen LogP contribution in [0.1, 0.15) is 57.3 Å². The number of fused-ring (bicyclic) bond motifs is 1. The van der Waals surface area contributed by atoms with Crippen LogP contribution in [0.3, 0.4) is 0 Å². The monoisotopic (exact) mass is 307 g/mol. The molecule has 1 aliphatic heterocycles. The van der Waals surface area contributed by atoms with E-state index in [0.717, 1.165) is 11.1 Å². The van der Waals surface area contributed by atoms with E-state index in [4.69, 9.17) is 0 Å². The zero-order valence-corrected chi connectivity index (χ0v) is 14.0. The van der Waals surface area contributed by atoms with Crippen LogP contribution in [0.25, 0.3) is 0 Å². The first-order valence-corrected chi connectivity index (χ1v) is 7.96. The van der Waals surface area contributed by atoms with Gasteiger partial charge in [0.05, 0.1) is 17.2 Å². The number of hydrogen-bond donors (Lipinski definition) is 0. The first kappa shape index (κ1) is 15.5. The molecule has 2 amide bonds. The lowest BCUT2D eigenvalue weighted by atomic mass is 9.90. The van der Waals surface area contributed by atoms with Crippen LogP contribution in [0.5, 0.6) is 0 Å². The molecule has 0 N–H and O–H groups in total. The second-order valence-electron chi connectivity index (χ2n) is 6.57. The Hall–Kier alpha value is -2.42. The lowest BCUT2D eigenvalue weighted by Gasteiger charge is -2.31. The van der Waals surface area contributed by atoms with Crippen molar-refractivity contribution in [2.45, 2.75) is 33.7 Å². The molecule has 0 spiro atoms. The molecule has 0 radical (unpaired) electrons. The average Bonchev–Trinajstić information content (AvgIpc) is 2.75. The van der Waals surface area contributed by atoms with Gasteiger partial charge < -0.3 is 0 Å². The van der Waals surface area contributed by atoms with Crippen LogP contribution in [0.2, 0.25) is 0 Å². The number of benzene rings is 2. The summed E-state index contributed by atoms with van der Waals surface area (Å²) in [5.41, 5.74) is 4.34. The molecule has 1 unspecified atom stereocenters. The van der Waals surface area contributed by atoms with E-state index in [1.165, 1.54) is 10.5 Å². The number of amides is 2. The minimum atomic E-state index is -0.247. The Morgan fingerprint density at radius 2 is 1.43 bits per heavy atom. The van der Waals surface area contributed by atoms with E-state index in [1.807, 2.05) is 39.8 Å². The summed E-state index contributed by atoms with van der Waals surface area (Å²) in [6.07, 6.45) is 0. The summed E-state index contributed by atoms with van der Waals surface area (Å²) in [5, 5.41) is 0. The minimum Gasteiger partial charge on any atom is -0.269 e. The molecule has 0 aliphatic carbocycles. The van der Waals surface area contributed by atoms with Crippen molar-refractivity contribution >= 4 is 11.8 Å². The summed E-state index contributed by atoms with van der Waals surface area (Å²) >= 11 is 0.